The number of hydrogen-bond donors (Lipinski definition) is 1. The second-order valence-corrected chi connectivity index (χ2v) is 6.38. The lowest BCUT2D eigenvalue weighted by Gasteiger charge is -2.22. The number of ketones is 1. The van der Waals surface area contributed by atoms with Crippen molar-refractivity contribution < 1.29 is 9.72 Å². The minimum Gasteiger partial charge on any atom is -0.369 e. The minimum atomic E-state index is -0.455. The van der Waals surface area contributed by atoms with Gasteiger partial charge in [-0.25, -0.2) is 0 Å². The van der Waals surface area contributed by atoms with E-state index in [0.29, 0.717) is 40.1 Å². The van der Waals surface area contributed by atoms with E-state index in [2.05, 4.69) is 10.3 Å². The normalized spacial score (nSPS) is 16.7. The van der Waals surface area contributed by atoms with Gasteiger partial charge < -0.3 is 5.32 Å². The number of amidine groups is 1. The van der Waals surface area contributed by atoms with Gasteiger partial charge >= 0.3 is 0 Å². The summed E-state index contributed by atoms with van der Waals surface area (Å²) in [6.45, 7) is 0.685. The number of carbonyl (C=O) groups excluding carboxylic acids is 1. The molecule has 0 bridgehead atoms. The van der Waals surface area contributed by atoms with Crippen LogP contribution in [0, 0.1) is 16.0 Å². The van der Waals surface area contributed by atoms with Crippen molar-refractivity contribution in [3.63, 3.8) is 0 Å². The van der Waals surface area contributed by atoms with Gasteiger partial charge in [0, 0.05) is 29.8 Å². The molecule has 0 amide bonds. The molecule has 0 aromatic heterocycles. The topological polar surface area (TPSA) is 84.6 Å². The summed E-state index contributed by atoms with van der Waals surface area (Å²) in [5.74, 6) is 0.134. The number of carbonyl (C=O) groups is 1. The van der Waals surface area contributed by atoms with Gasteiger partial charge in [-0.1, -0.05) is 35.3 Å². The molecule has 2 aromatic carbocycles. The van der Waals surface area contributed by atoms with Gasteiger partial charge in [-0.3, -0.25) is 19.9 Å². The Kier molecular flexibility index (Phi) is 5.01. The van der Waals surface area contributed by atoms with Crippen molar-refractivity contribution in [1.29, 1.82) is 0 Å². The number of rotatable bonds is 4. The molecular weight excluding hydrogens is 365 g/mol. The largest absolute Gasteiger partial charge is 0.369 e. The Morgan fingerprint density at radius 3 is 2.64 bits per heavy atom. The quantitative estimate of drug-likeness (QED) is 0.499. The third kappa shape index (κ3) is 3.81. The molecule has 2 aromatic rings. The molecular formula is C17H13Cl2N3O3. The van der Waals surface area contributed by atoms with Crippen LogP contribution >= 0.6 is 23.2 Å². The summed E-state index contributed by atoms with van der Waals surface area (Å²) in [5, 5.41) is 14.7. The van der Waals surface area contributed by atoms with Gasteiger partial charge in [0.15, 0.2) is 5.78 Å². The molecule has 128 valence electrons. The summed E-state index contributed by atoms with van der Waals surface area (Å²) >= 11 is 11.8. The number of nitro groups is 1. The molecule has 0 saturated carbocycles. The van der Waals surface area contributed by atoms with Crippen LogP contribution in [0.15, 0.2) is 47.5 Å². The lowest BCUT2D eigenvalue weighted by molar-refractivity contribution is -0.384. The zero-order valence-corrected chi connectivity index (χ0v) is 14.4. The number of hydrogen-bond acceptors (Lipinski definition) is 5. The lowest BCUT2D eigenvalue weighted by Crippen LogP contribution is -2.39. The summed E-state index contributed by atoms with van der Waals surface area (Å²) in [6.07, 6.45) is 0. The molecule has 0 fully saturated rings. The standard InChI is InChI=1S/C17H13Cl2N3O3/c18-14-5-4-10(7-15(14)19)16(23)12-8-20-17(21-9-12)11-2-1-3-13(6-11)22(24)25/h1-7,12H,8-9H2,(H,20,21). The van der Waals surface area contributed by atoms with Crippen LogP contribution in [0.25, 0.3) is 0 Å². The monoisotopic (exact) mass is 377 g/mol. The second-order valence-electron chi connectivity index (χ2n) is 5.57. The Morgan fingerprint density at radius 2 is 2.00 bits per heavy atom. The first-order valence-electron chi connectivity index (χ1n) is 7.48. The van der Waals surface area contributed by atoms with E-state index >= 15 is 0 Å². The van der Waals surface area contributed by atoms with Crippen LogP contribution in [-0.2, 0) is 0 Å². The maximum atomic E-state index is 12.5. The van der Waals surface area contributed by atoms with Crippen molar-refractivity contribution in [3.8, 4) is 0 Å². The van der Waals surface area contributed by atoms with E-state index in [-0.39, 0.29) is 17.4 Å². The number of halogens is 2. The molecule has 1 N–H and O–H groups in total. The molecule has 3 rings (SSSR count). The van der Waals surface area contributed by atoms with Crippen LogP contribution in [0.4, 0.5) is 5.69 Å². The molecule has 0 aliphatic carbocycles. The van der Waals surface area contributed by atoms with Gasteiger partial charge in [0.1, 0.15) is 5.84 Å². The van der Waals surface area contributed by atoms with Crippen LogP contribution in [0.2, 0.25) is 10.0 Å². The molecule has 1 aliphatic rings. The van der Waals surface area contributed by atoms with Crippen LogP contribution in [0.3, 0.4) is 0 Å². The van der Waals surface area contributed by atoms with Gasteiger partial charge in [0.2, 0.25) is 0 Å². The third-order valence-corrected chi connectivity index (χ3v) is 4.63. The van der Waals surface area contributed by atoms with Crippen LogP contribution in [0.5, 0.6) is 0 Å². The van der Waals surface area contributed by atoms with Gasteiger partial charge in [-0.15, -0.1) is 0 Å². The van der Waals surface area contributed by atoms with E-state index in [1.54, 1.807) is 30.3 Å². The molecule has 1 unspecified atom stereocenters. The maximum Gasteiger partial charge on any atom is 0.270 e. The minimum absolute atomic E-state index is 0.00370. The number of Topliss-reactive ketones (excluding diaryl/α,β-unsaturated/α-hetero) is 1. The van der Waals surface area contributed by atoms with Crippen LogP contribution < -0.4 is 5.32 Å². The highest BCUT2D eigenvalue weighted by atomic mass is 35.5. The lowest BCUT2D eigenvalue weighted by atomic mass is 9.96. The average Bonchev–Trinajstić information content (AvgIpc) is 2.63. The van der Waals surface area contributed by atoms with E-state index < -0.39 is 4.92 Å². The molecule has 0 spiro atoms. The molecule has 1 heterocycles. The summed E-state index contributed by atoms with van der Waals surface area (Å²) in [5.41, 5.74) is 1.10. The first-order chi connectivity index (χ1) is 12.0. The number of benzene rings is 2. The van der Waals surface area contributed by atoms with Gasteiger partial charge in [-0.05, 0) is 18.2 Å². The molecule has 25 heavy (non-hydrogen) atoms. The smallest absolute Gasteiger partial charge is 0.270 e. The zero-order chi connectivity index (χ0) is 18.0. The Bertz CT molecular complexity index is 883. The highest BCUT2D eigenvalue weighted by Gasteiger charge is 2.24. The Hall–Kier alpha value is -2.44. The fourth-order valence-electron chi connectivity index (χ4n) is 2.56. The highest BCUT2D eigenvalue weighted by Crippen LogP contribution is 2.24. The summed E-state index contributed by atoms with van der Waals surface area (Å²) in [4.78, 5) is 27.3. The highest BCUT2D eigenvalue weighted by molar-refractivity contribution is 6.42. The van der Waals surface area contributed by atoms with E-state index in [0.717, 1.165) is 0 Å². The summed E-state index contributed by atoms with van der Waals surface area (Å²) in [6, 6.07) is 11.0. The number of nitrogens with one attached hydrogen (secondary N) is 1. The van der Waals surface area contributed by atoms with E-state index in [1.807, 2.05) is 0 Å². The van der Waals surface area contributed by atoms with Crippen molar-refractivity contribution in [2.45, 2.75) is 0 Å². The van der Waals surface area contributed by atoms with Crippen molar-refractivity contribution in [1.82, 2.24) is 5.32 Å². The number of aliphatic imine (C=N–C) groups is 1. The van der Waals surface area contributed by atoms with Crippen LogP contribution in [-0.4, -0.2) is 29.6 Å². The van der Waals surface area contributed by atoms with Gasteiger partial charge in [-0.2, -0.15) is 0 Å². The fourth-order valence-corrected chi connectivity index (χ4v) is 2.86. The predicted octanol–water partition coefficient (Wildman–Crippen LogP) is 3.75. The molecule has 0 radical (unpaired) electrons. The number of nitrogens with zero attached hydrogens (tertiary/aromatic N) is 2. The fraction of sp³-hybridized carbons (Fsp3) is 0.176. The second kappa shape index (κ2) is 7.21. The molecule has 6 nitrogen and oxygen atoms in total. The molecule has 1 atom stereocenters. The predicted molar refractivity (Wildman–Crippen MR) is 96.8 cm³/mol. The number of non-ortho nitro benzene ring substituents is 1. The zero-order valence-electron chi connectivity index (χ0n) is 12.9. The molecule has 1 aliphatic heterocycles. The van der Waals surface area contributed by atoms with Crippen molar-refractivity contribution in [2.24, 2.45) is 10.9 Å². The third-order valence-electron chi connectivity index (χ3n) is 3.89. The molecule has 0 saturated heterocycles. The number of nitro benzene ring substituents is 1. The van der Waals surface area contributed by atoms with E-state index in [1.165, 1.54) is 12.1 Å². The average molecular weight is 378 g/mol. The van der Waals surface area contributed by atoms with Crippen LogP contribution in [0.1, 0.15) is 15.9 Å². The maximum absolute atomic E-state index is 12.5. The van der Waals surface area contributed by atoms with Crippen molar-refractivity contribution in [3.05, 3.63) is 73.8 Å². The molecule has 8 heteroatoms. The SMILES string of the molecule is O=C(c1ccc(Cl)c(Cl)c1)C1CN=C(c2cccc([N+](=O)[O-])c2)NC1. The summed E-state index contributed by atoms with van der Waals surface area (Å²) < 4.78 is 0. The first kappa shape index (κ1) is 17.4. The van der Waals surface area contributed by atoms with E-state index in [4.69, 9.17) is 23.2 Å². The first-order valence-corrected chi connectivity index (χ1v) is 8.23. The van der Waals surface area contributed by atoms with Gasteiger partial charge in [0.25, 0.3) is 5.69 Å². The Balaban J connectivity index is 1.75. The van der Waals surface area contributed by atoms with Crippen molar-refractivity contribution >= 4 is 40.5 Å². The van der Waals surface area contributed by atoms with E-state index in [9.17, 15) is 14.9 Å². The Labute approximate surface area is 153 Å². The van der Waals surface area contributed by atoms with Crippen molar-refractivity contribution in [2.75, 3.05) is 13.1 Å². The Morgan fingerprint density at radius 1 is 1.20 bits per heavy atom. The summed E-state index contributed by atoms with van der Waals surface area (Å²) in [7, 11) is 0. The van der Waals surface area contributed by atoms with Gasteiger partial charge in [0.05, 0.1) is 27.4 Å².